The van der Waals surface area contributed by atoms with Crippen LogP contribution in [0.2, 0.25) is 5.02 Å². The normalized spacial score (nSPS) is 15.3. The summed E-state index contributed by atoms with van der Waals surface area (Å²) in [5, 5.41) is 7.45. The van der Waals surface area contributed by atoms with Crippen LogP contribution in [0.15, 0.2) is 23.2 Å². The third-order valence-corrected chi connectivity index (χ3v) is 4.99. The van der Waals surface area contributed by atoms with Crippen LogP contribution in [0.1, 0.15) is 25.8 Å². The molecule has 0 bridgehead atoms. The quantitative estimate of drug-likeness (QED) is 0.225. The number of rotatable bonds is 9. The van der Waals surface area contributed by atoms with E-state index in [0.717, 1.165) is 75.4 Å². The van der Waals surface area contributed by atoms with Gasteiger partial charge in [0, 0.05) is 68.8 Å². The molecule has 1 saturated heterocycles. The average molecular weight is 524 g/mol. The van der Waals surface area contributed by atoms with Crippen LogP contribution in [-0.4, -0.2) is 70.4 Å². The van der Waals surface area contributed by atoms with Crippen molar-refractivity contribution in [1.29, 1.82) is 0 Å². The predicted molar refractivity (Wildman–Crippen MR) is 131 cm³/mol. The van der Waals surface area contributed by atoms with Crippen molar-refractivity contribution in [2.45, 2.75) is 26.8 Å². The van der Waals surface area contributed by atoms with E-state index in [2.05, 4.69) is 40.5 Å². The number of aliphatic imine (C=N–C) groups is 1. The van der Waals surface area contributed by atoms with Gasteiger partial charge in [0.1, 0.15) is 0 Å². The van der Waals surface area contributed by atoms with Crippen LogP contribution in [-0.2, 0) is 11.3 Å². The fourth-order valence-electron chi connectivity index (χ4n) is 3.07. The van der Waals surface area contributed by atoms with Gasteiger partial charge in [-0.1, -0.05) is 17.7 Å². The van der Waals surface area contributed by atoms with E-state index in [-0.39, 0.29) is 24.0 Å². The van der Waals surface area contributed by atoms with E-state index >= 15 is 0 Å². The van der Waals surface area contributed by atoms with Crippen molar-refractivity contribution in [3.63, 3.8) is 0 Å². The molecule has 0 unspecified atom stereocenters. The largest absolute Gasteiger partial charge is 0.382 e. The number of guanidine groups is 1. The van der Waals surface area contributed by atoms with Crippen molar-refractivity contribution in [1.82, 2.24) is 15.5 Å². The summed E-state index contributed by atoms with van der Waals surface area (Å²) in [6.45, 7) is 12.0. The molecule has 0 amide bonds. The molecule has 1 heterocycles. The van der Waals surface area contributed by atoms with Crippen LogP contribution in [0, 0.1) is 0 Å². The van der Waals surface area contributed by atoms with Gasteiger partial charge in [-0.05, 0) is 39.4 Å². The molecule has 160 valence electrons. The number of halogens is 2. The highest BCUT2D eigenvalue weighted by atomic mass is 127. The fraction of sp³-hybridized carbons (Fsp3) is 0.650. The van der Waals surface area contributed by atoms with Gasteiger partial charge >= 0.3 is 0 Å². The number of hydrogen-bond acceptors (Lipinski definition) is 4. The van der Waals surface area contributed by atoms with Crippen LogP contribution in [0.25, 0.3) is 0 Å². The van der Waals surface area contributed by atoms with Crippen molar-refractivity contribution in [2.75, 3.05) is 64.4 Å². The Hall–Kier alpha value is -0.770. The minimum Gasteiger partial charge on any atom is -0.382 e. The van der Waals surface area contributed by atoms with E-state index < -0.39 is 0 Å². The standard InChI is InChI=1S/C20H34ClN5O.HI/c1-4-22-20(23-10-7-15-27-5-2)24-16-17-18(21)8-6-9-19(17)26-13-11-25(3)12-14-26;/h6,8-9H,4-5,7,10-16H2,1-3H3,(H2,22,23,24);1H. The second-order valence-corrected chi connectivity index (χ2v) is 7.11. The number of benzene rings is 1. The van der Waals surface area contributed by atoms with Gasteiger partial charge < -0.3 is 25.2 Å². The van der Waals surface area contributed by atoms with Gasteiger partial charge in [-0.2, -0.15) is 0 Å². The van der Waals surface area contributed by atoms with E-state index in [1.165, 1.54) is 5.69 Å². The molecule has 1 aliphatic rings. The van der Waals surface area contributed by atoms with Crippen molar-refractivity contribution in [2.24, 2.45) is 4.99 Å². The van der Waals surface area contributed by atoms with Gasteiger partial charge in [0.05, 0.1) is 6.54 Å². The Morgan fingerprint density at radius 1 is 1.18 bits per heavy atom. The highest BCUT2D eigenvalue weighted by Gasteiger charge is 2.18. The monoisotopic (exact) mass is 523 g/mol. The molecule has 2 rings (SSSR count). The molecule has 8 heteroatoms. The molecule has 0 saturated carbocycles. The third kappa shape index (κ3) is 8.31. The summed E-state index contributed by atoms with van der Waals surface area (Å²) < 4.78 is 5.38. The molecule has 1 aromatic rings. The van der Waals surface area contributed by atoms with E-state index in [0.29, 0.717) is 6.54 Å². The van der Waals surface area contributed by atoms with Gasteiger partial charge in [-0.25, -0.2) is 4.99 Å². The summed E-state index contributed by atoms with van der Waals surface area (Å²) in [7, 11) is 2.17. The molecule has 1 fully saturated rings. The number of ether oxygens (including phenoxy) is 1. The van der Waals surface area contributed by atoms with Crippen LogP contribution >= 0.6 is 35.6 Å². The Morgan fingerprint density at radius 2 is 1.93 bits per heavy atom. The average Bonchev–Trinajstić information content (AvgIpc) is 2.67. The zero-order chi connectivity index (χ0) is 19.5. The topological polar surface area (TPSA) is 52.1 Å². The van der Waals surface area contributed by atoms with Crippen molar-refractivity contribution in [3.8, 4) is 0 Å². The first kappa shape index (κ1) is 25.3. The van der Waals surface area contributed by atoms with Crippen molar-refractivity contribution >= 4 is 47.2 Å². The third-order valence-electron chi connectivity index (χ3n) is 4.64. The predicted octanol–water partition coefficient (Wildman–Crippen LogP) is 3.19. The molecule has 28 heavy (non-hydrogen) atoms. The second kappa shape index (κ2) is 14.3. The van der Waals surface area contributed by atoms with Crippen molar-refractivity contribution < 1.29 is 4.74 Å². The van der Waals surface area contributed by atoms with E-state index in [9.17, 15) is 0 Å². The molecule has 1 aromatic carbocycles. The first-order valence-electron chi connectivity index (χ1n) is 9.96. The van der Waals surface area contributed by atoms with Crippen molar-refractivity contribution in [3.05, 3.63) is 28.8 Å². The Balaban J connectivity index is 0.00000392. The molecule has 0 aliphatic carbocycles. The Kier molecular flexibility index (Phi) is 12.9. The summed E-state index contributed by atoms with van der Waals surface area (Å²) in [6.07, 6.45) is 0.955. The maximum atomic E-state index is 6.54. The molecule has 0 spiro atoms. The SMILES string of the molecule is CCNC(=NCc1c(Cl)cccc1N1CCN(C)CC1)NCCCOCC.I. The number of anilines is 1. The molecular formula is C20H35ClIN5O. The summed E-state index contributed by atoms with van der Waals surface area (Å²) in [5.41, 5.74) is 2.29. The Labute approximate surface area is 192 Å². The lowest BCUT2D eigenvalue weighted by Crippen LogP contribution is -2.44. The number of hydrogen-bond donors (Lipinski definition) is 2. The maximum absolute atomic E-state index is 6.54. The molecular weight excluding hydrogens is 489 g/mol. The van der Waals surface area contributed by atoms with Crippen LogP contribution in [0.5, 0.6) is 0 Å². The molecule has 0 radical (unpaired) electrons. The first-order valence-corrected chi connectivity index (χ1v) is 10.3. The van der Waals surface area contributed by atoms with Gasteiger partial charge in [0.2, 0.25) is 0 Å². The fourth-order valence-corrected chi connectivity index (χ4v) is 3.30. The zero-order valence-electron chi connectivity index (χ0n) is 17.3. The summed E-state index contributed by atoms with van der Waals surface area (Å²) in [5.74, 6) is 0.818. The van der Waals surface area contributed by atoms with Gasteiger partial charge in [0.15, 0.2) is 5.96 Å². The molecule has 2 N–H and O–H groups in total. The smallest absolute Gasteiger partial charge is 0.191 e. The molecule has 0 atom stereocenters. The lowest BCUT2D eigenvalue weighted by atomic mass is 10.1. The molecule has 0 aromatic heterocycles. The molecule has 6 nitrogen and oxygen atoms in total. The maximum Gasteiger partial charge on any atom is 0.191 e. The van der Waals surface area contributed by atoms with E-state index in [1.54, 1.807) is 0 Å². The zero-order valence-corrected chi connectivity index (χ0v) is 20.4. The summed E-state index contributed by atoms with van der Waals surface area (Å²) in [6, 6.07) is 6.14. The summed E-state index contributed by atoms with van der Waals surface area (Å²) >= 11 is 6.54. The lowest BCUT2D eigenvalue weighted by Gasteiger charge is -2.35. The van der Waals surface area contributed by atoms with Crippen LogP contribution in [0.3, 0.4) is 0 Å². The number of nitrogens with one attached hydrogen (secondary N) is 2. The van der Waals surface area contributed by atoms with E-state index in [1.807, 2.05) is 19.1 Å². The highest BCUT2D eigenvalue weighted by Crippen LogP contribution is 2.29. The second-order valence-electron chi connectivity index (χ2n) is 6.70. The van der Waals surface area contributed by atoms with Gasteiger partial charge in [0.25, 0.3) is 0 Å². The summed E-state index contributed by atoms with van der Waals surface area (Å²) in [4.78, 5) is 9.54. The minimum atomic E-state index is 0. The lowest BCUT2D eigenvalue weighted by molar-refractivity contribution is 0.145. The minimum absolute atomic E-state index is 0. The number of nitrogens with zero attached hydrogens (tertiary/aromatic N) is 3. The van der Waals surface area contributed by atoms with Gasteiger partial charge in [-0.15, -0.1) is 24.0 Å². The van der Waals surface area contributed by atoms with Gasteiger partial charge in [-0.3, -0.25) is 0 Å². The van der Waals surface area contributed by atoms with E-state index in [4.69, 9.17) is 21.3 Å². The Bertz CT molecular complexity index is 594. The van der Waals surface area contributed by atoms with Crippen LogP contribution < -0.4 is 15.5 Å². The number of likely N-dealkylation sites (N-methyl/N-ethyl adjacent to an activating group) is 1. The Morgan fingerprint density at radius 3 is 2.61 bits per heavy atom. The highest BCUT2D eigenvalue weighted by molar-refractivity contribution is 14.0. The van der Waals surface area contributed by atoms with Crippen LogP contribution in [0.4, 0.5) is 5.69 Å². The molecule has 1 aliphatic heterocycles. The first-order chi connectivity index (χ1) is 13.2. The number of piperazine rings is 1.